The molecule has 2 N–H and O–H groups in total. The van der Waals surface area contributed by atoms with Gasteiger partial charge in [-0.05, 0) is 13.0 Å². The Bertz CT molecular complexity index is 549. The number of nitrogens with two attached hydrogens (primary N) is 1. The number of nitro benzene ring substituents is 1. The molecule has 82 valence electrons. The first kappa shape index (κ1) is 10.1. The van der Waals surface area contributed by atoms with E-state index in [0.29, 0.717) is 11.1 Å². The molecule has 0 spiro atoms. The molecule has 0 aliphatic heterocycles. The summed E-state index contributed by atoms with van der Waals surface area (Å²) in [5, 5.41) is 17.9. The Kier molecular flexibility index (Phi) is 2.28. The first-order valence-electron chi connectivity index (χ1n) is 4.43. The van der Waals surface area contributed by atoms with Gasteiger partial charge in [-0.25, -0.2) is 0 Å². The van der Waals surface area contributed by atoms with Crippen LogP contribution >= 0.6 is 0 Å². The Labute approximate surface area is 90.0 Å². The standard InChI is InChI=1S/C9H8N4O3/c1-5-6(8-11-12-9(10)16-8)3-2-4-7(5)13(14)15/h2-4H,1H3,(H2,10,12). The van der Waals surface area contributed by atoms with Gasteiger partial charge in [-0.3, -0.25) is 10.1 Å². The Balaban J connectivity index is 2.58. The van der Waals surface area contributed by atoms with Gasteiger partial charge < -0.3 is 10.2 Å². The number of hydrogen-bond acceptors (Lipinski definition) is 6. The molecule has 1 aromatic heterocycles. The molecule has 2 aromatic rings. The molecular weight excluding hydrogens is 212 g/mol. The topological polar surface area (TPSA) is 108 Å². The van der Waals surface area contributed by atoms with Crippen LogP contribution in [0.5, 0.6) is 0 Å². The molecule has 0 aliphatic rings. The Morgan fingerprint density at radius 2 is 2.19 bits per heavy atom. The highest BCUT2D eigenvalue weighted by Gasteiger charge is 2.17. The maximum atomic E-state index is 10.7. The van der Waals surface area contributed by atoms with Crippen molar-refractivity contribution in [3.63, 3.8) is 0 Å². The molecular formula is C9H8N4O3. The fourth-order valence-electron chi connectivity index (χ4n) is 1.40. The second kappa shape index (κ2) is 3.61. The fraction of sp³-hybridized carbons (Fsp3) is 0.111. The van der Waals surface area contributed by atoms with E-state index in [2.05, 4.69) is 10.2 Å². The van der Waals surface area contributed by atoms with Crippen LogP contribution in [0.3, 0.4) is 0 Å². The lowest BCUT2D eigenvalue weighted by atomic mass is 10.1. The van der Waals surface area contributed by atoms with Gasteiger partial charge in [0, 0.05) is 17.2 Å². The SMILES string of the molecule is Cc1c(-c2nnc(N)o2)cccc1[N+](=O)[O-]. The van der Waals surface area contributed by atoms with Gasteiger partial charge >= 0.3 is 6.01 Å². The number of rotatable bonds is 2. The van der Waals surface area contributed by atoms with Gasteiger partial charge in [-0.2, -0.15) is 0 Å². The summed E-state index contributed by atoms with van der Waals surface area (Å²) in [5.41, 5.74) is 6.28. The highest BCUT2D eigenvalue weighted by molar-refractivity contribution is 5.64. The van der Waals surface area contributed by atoms with Gasteiger partial charge in [-0.15, -0.1) is 5.10 Å². The van der Waals surface area contributed by atoms with Crippen molar-refractivity contribution < 1.29 is 9.34 Å². The number of anilines is 1. The van der Waals surface area contributed by atoms with Crippen LogP contribution in [0.4, 0.5) is 11.7 Å². The quantitative estimate of drug-likeness (QED) is 0.607. The molecule has 7 heteroatoms. The van der Waals surface area contributed by atoms with Gasteiger partial charge in [0.25, 0.3) is 5.69 Å². The van der Waals surface area contributed by atoms with E-state index in [-0.39, 0.29) is 17.6 Å². The summed E-state index contributed by atoms with van der Waals surface area (Å²) >= 11 is 0. The van der Waals surface area contributed by atoms with E-state index in [1.54, 1.807) is 19.1 Å². The van der Waals surface area contributed by atoms with E-state index in [1.807, 2.05) is 0 Å². The van der Waals surface area contributed by atoms with Crippen molar-refractivity contribution in [1.82, 2.24) is 10.2 Å². The van der Waals surface area contributed by atoms with E-state index in [1.165, 1.54) is 6.07 Å². The highest BCUT2D eigenvalue weighted by atomic mass is 16.6. The van der Waals surface area contributed by atoms with Crippen molar-refractivity contribution in [1.29, 1.82) is 0 Å². The maximum absolute atomic E-state index is 10.7. The van der Waals surface area contributed by atoms with E-state index in [4.69, 9.17) is 10.2 Å². The maximum Gasteiger partial charge on any atom is 0.313 e. The smallest absolute Gasteiger partial charge is 0.313 e. The van der Waals surface area contributed by atoms with E-state index in [9.17, 15) is 10.1 Å². The molecule has 0 radical (unpaired) electrons. The molecule has 2 rings (SSSR count). The number of nitro groups is 1. The third-order valence-electron chi connectivity index (χ3n) is 2.17. The molecule has 0 bridgehead atoms. The molecule has 0 unspecified atom stereocenters. The number of hydrogen-bond donors (Lipinski definition) is 1. The van der Waals surface area contributed by atoms with E-state index < -0.39 is 4.92 Å². The van der Waals surface area contributed by atoms with Crippen LogP contribution in [0.2, 0.25) is 0 Å². The Morgan fingerprint density at radius 3 is 2.75 bits per heavy atom. The van der Waals surface area contributed by atoms with Crippen LogP contribution in [0.25, 0.3) is 11.5 Å². The van der Waals surface area contributed by atoms with Gasteiger partial charge in [0.2, 0.25) is 5.89 Å². The van der Waals surface area contributed by atoms with Crippen molar-refractivity contribution in [3.05, 3.63) is 33.9 Å². The summed E-state index contributed by atoms with van der Waals surface area (Å²) in [5.74, 6) is 0.179. The van der Waals surface area contributed by atoms with Crippen molar-refractivity contribution in [2.45, 2.75) is 6.92 Å². The van der Waals surface area contributed by atoms with Crippen LogP contribution in [-0.4, -0.2) is 15.1 Å². The molecule has 1 aromatic carbocycles. The van der Waals surface area contributed by atoms with Crippen molar-refractivity contribution in [2.24, 2.45) is 0 Å². The average Bonchev–Trinajstić information content (AvgIpc) is 2.64. The fourth-order valence-corrected chi connectivity index (χ4v) is 1.40. The molecule has 0 atom stereocenters. The minimum absolute atomic E-state index is 0.00858. The highest BCUT2D eigenvalue weighted by Crippen LogP contribution is 2.28. The summed E-state index contributed by atoms with van der Waals surface area (Å²) in [7, 11) is 0. The van der Waals surface area contributed by atoms with Crippen LogP contribution in [0.15, 0.2) is 22.6 Å². The molecule has 0 saturated carbocycles. The normalized spacial score (nSPS) is 10.3. The summed E-state index contributed by atoms with van der Waals surface area (Å²) < 4.78 is 5.02. The van der Waals surface area contributed by atoms with Gasteiger partial charge in [-0.1, -0.05) is 11.2 Å². The number of nitrogen functional groups attached to an aromatic ring is 1. The summed E-state index contributed by atoms with van der Waals surface area (Å²) in [6.07, 6.45) is 0. The lowest BCUT2D eigenvalue weighted by Gasteiger charge is -2.00. The number of aromatic nitrogens is 2. The largest absolute Gasteiger partial charge is 0.404 e. The van der Waals surface area contributed by atoms with Crippen LogP contribution in [0, 0.1) is 17.0 Å². The predicted octanol–water partition coefficient (Wildman–Crippen LogP) is 1.54. The Morgan fingerprint density at radius 1 is 1.44 bits per heavy atom. The molecule has 1 heterocycles. The zero-order chi connectivity index (χ0) is 11.7. The van der Waals surface area contributed by atoms with Gasteiger partial charge in [0.1, 0.15) is 0 Å². The summed E-state index contributed by atoms with van der Waals surface area (Å²) in [6, 6.07) is 4.57. The monoisotopic (exact) mass is 220 g/mol. The first-order chi connectivity index (χ1) is 7.59. The van der Waals surface area contributed by atoms with Crippen molar-refractivity contribution >= 4 is 11.7 Å². The molecule has 16 heavy (non-hydrogen) atoms. The second-order valence-corrected chi connectivity index (χ2v) is 3.15. The predicted molar refractivity (Wildman–Crippen MR) is 55.5 cm³/mol. The average molecular weight is 220 g/mol. The van der Waals surface area contributed by atoms with Crippen molar-refractivity contribution in [2.75, 3.05) is 5.73 Å². The third kappa shape index (κ3) is 1.58. The minimum atomic E-state index is -0.460. The van der Waals surface area contributed by atoms with Crippen LogP contribution < -0.4 is 5.73 Å². The summed E-state index contributed by atoms with van der Waals surface area (Å²) in [4.78, 5) is 10.3. The molecule has 0 saturated heterocycles. The molecule has 0 amide bonds. The zero-order valence-corrected chi connectivity index (χ0v) is 8.38. The minimum Gasteiger partial charge on any atom is -0.404 e. The van der Waals surface area contributed by atoms with Gasteiger partial charge in [0.15, 0.2) is 0 Å². The third-order valence-corrected chi connectivity index (χ3v) is 2.17. The molecule has 0 aliphatic carbocycles. The number of nitrogens with zero attached hydrogens (tertiary/aromatic N) is 3. The first-order valence-corrected chi connectivity index (χ1v) is 4.43. The van der Waals surface area contributed by atoms with Crippen LogP contribution in [0.1, 0.15) is 5.56 Å². The Hall–Kier alpha value is -2.44. The van der Waals surface area contributed by atoms with E-state index in [0.717, 1.165) is 0 Å². The lowest BCUT2D eigenvalue weighted by Crippen LogP contribution is -1.93. The zero-order valence-electron chi connectivity index (χ0n) is 8.38. The van der Waals surface area contributed by atoms with E-state index >= 15 is 0 Å². The second-order valence-electron chi connectivity index (χ2n) is 3.15. The summed E-state index contributed by atoms with van der Waals surface area (Å²) in [6.45, 7) is 1.62. The van der Waals surface area contributed by atoms with Gasteiger partial charge in [0.05, 0.1) is 4.92 Å². The van der Waals surface area contributed by atoms with Crippen LogP contribution in [-0.2, 0) is 0 Å². The molecule has 7 nitrogen and oxygen atoms in total. The molecule has 0 fully saturated rings. The number of benzene rings is 1. The van der Waals surface area contributed by atoms with Crippen molar-refractivity contribution in [3.8, 4) is 11.5 Å². The lowest BCUT2D eigenvalue weighted by molar-refractivity contribution is -0.385.